The summed E-state index contributed by atoms with van der Waals surface area (Å²) in [6.07, 6.45) is 5.50. The zero-order valence-electron chi connectivity index (χ0n) is 30.4. The first-order valence-electron chi connectivity index (χ1n) is 17.5. The van der Waals surface area contributed by atoms with Crippen LogP contribution in [0.25, 0.3) is 33.6 Å². The van der Waals surface area contributed by atoms with Gasteiger partial charge in [0, 0.05) is 13.1 Å². The molecule has 4 aromatic rings. The SMILES string of the molecule is COC(=O)NC(C)(C)C(=O)N1CCC[C@H]1c1ncc(-c2ccc(-c3ccc(-c4cnc([C@@H]5CCCN5C(=O)C(C)(C)NC(=O)OC)[nH]4)cc3)cc2)[nH]1. The quantitative estimate of drug-likeness (QED) is 0.170. The van der Waals surface area contributed by atoms with Crippen molar-refractivity contribution in [2.75, 3.05) is 27.3 Å². The molecule has 0 unspecified atom stereocenters. The van der Waals surface area contributed by atoms with E-state index in [1.165, 1.54) is 14.2 Å². The Bertz CT molecular complexity index is 1790. The number of aromatic amines is 2. The van der Waals surface area contributed by atoms with Crippen molar-refractivity contribution in [3.8, 4) is 33.6 Å². The van der Waals surface area contributed by atoms with E-state index in [0.29, 0.717) is 24.7 Å². The van der Waals surface area contributed by atoms with Crippen LogP contribution in [0, 0.1) is 0 Å². The predicted octanol–water partition coefficient (Wildman–Crippen LogP) is 5.73. The van der Waals surface area contributed by atoms with E-state index in [1.54, 1.807) is 49.9 Å². The number of nitrogens with zero attached hydrogens (tertiary/aromatic N) is 4. The number of H-pyrrole nitrogens is 2. The summed E-state index contributed by atoms with van der Waals surface area (Å²) < 4.78 is 9.41. The summed E-state index contributed by atoms with van der Waals surface area (Å²) in [7, 11) is 2.54. The smallest absolute Gasteiger partial charge is 0.407 e. The van der Waals surface area contributed by atoms with Crippen molar-refractivity contribution in [3.05, 3.63) is 72.6 Å². The summed E-state index contributed by atoms with van der Waals surface area (Å²) in [5.41, 5.74) is 3.50. The standard InChI is InChI=1S/C38H46N8O6/c1-37(2,43-35(49)51-5)33(47)45-19-7-9-29(45)31-39-21-27(41-31)25-15-11-23(12-16-25)24-13-17-26(18-14-24)28-22-40-32(42-28)30-10-8-20-46(30)34(48)38(3,4)44-36(50)52-6/h11-18,21-22,29-30H,7-10,19-20H2,1-6H3,(H,39,41)(H,40,42)(H,43,49)(H,44,50)/t29-,30-/m0/s1. The Labute approximate surface area is 302 Å². The molecule has 0 spiro atoms. The molecule has 2 saturated heterocycles. The minimum atomic E-state index is -1.12. The highest BCUT2D eigenvalue weighted by Gasteiger charge is 2.42. The van der Waals surface area contributed by atoms with Crippen molar-refractivity contribution in [1.29, 1.82) is 0 Å². The topological polar surface area (TPSA) is 175 Å². The fourth-order valence-electron chi connectivity index (χ4n) is 7.02. The number of amides is 4. The second-order valence-electron chi connectivity index (χ2n) is 14.3. The molecule has 2 atom stereocenters. The van der Waals surface area contributed by atoms with E-state index in [-0.39, 0.29) is 23.9 Å². The molecule has 0 bridgehead atoms. The molecule has 4 heterocycles. The highest BCUT2D eigenvalue weighted by molar-refractivity contribution is 5.90. The average molecular weight is 711 g/mol. The summed E-state index contributed by atoms with van der Waals surface area (Å²) in [4.78, 5) is 70.1. The normalized spacial score (nSPS) is 17.6. The third-order valence-electron chi connectivity index (χ3n) is 9.84. The Balaban J connectivity index is 1.11. The van der Waals surface area contributed by atoms with Crippen LogP contribution in [0.15, 0.2) is 60.9 Å². The van der Waals surface area contributed by atoms with E-state index in [9.17, 15) is 19.2 Å². The Morgan fingerprint density at radius 1 is 0.635 bits per heavy atom. The number of likely N-dealkylation sites (tertiary alicyclic amines) is 2. The minimum Gasteiger partial charge on any atom is -0.453 e. The van der Waals surface area contributed by atoms with Crippen LogP contribution in [-0.2, 0) is 19.1 Å². The van der Waals surface area contributed by atoms with Crippen molar-refractivity contribution in [3.63, 3.8) is 0 Å². The lowest BCUT2D eigenvalue weighted by atomic mass is 10.0. The van der Waals surface area contributed by atoms with Crippen molar-refractivity contribution >= 4 is 24.0 Å². The van der Waals surface area contributed by atoms with Gasteiger partial charge < -0.3 is 39.9 Å². The molecule has 2 aliphatic rings. The summed E-state index contributed by atoms with van der Waals surface area (Å²) >= 11 is 0. The molecule has 0 radical (unpaired) electrons. The summed E-state index contributed by atoms with van der Waals surface area (Å²) in [5.74, 6) is 1.04. The van der Waals surface area contributed by atoms with E-state index in [2.05, 4.69) is 54.8 Å². The number of ether oxygens (including phenoxy) is 2. The minimum absolute atomic E-state index is 0.190. The molecule has 2 fully saturated rings. The van der Waals surface area contributed by atoms with Crippen LogP contribution in [0.2, 0.25) is 0 Å². The summed E-state index contributed by atoms with van der Waals surface area (Å²) in [6, 6.07) is 16.0. The van der Waals surface area contributed by atoms with E-state index < -0.39 is 23.3 Å². The van der Waals surface area contributed by atoms with Crippen molar-refractivity contribution in [2.45, 2.75) is 76.5 Å². The molecule has 2 aromatic carbocycles. The van der Waals surface area contributed by atoms with Crippen LogP contribution in [-0.4, -0.2) is 92.1 Å². The van der Waals surface area contributed by atoms with Gasteiger partial charge in [-0.25, -0.2) is 19.6 Å². The van der Waals surface area contributed by atoms with E-state index >= 15 is 0 Å². The molecule has 4 N–H and O–H groups in total. The number of hydrogen-bond acceptors (Lipinski definition) is 8. The fraction of sp³-hybridized carbons (Fsp3) is 0.421. The maximum Gasteiger partial charge on any atom is 0.407 e. The van der Waals surface area contributed by atoms with E-state index in [4.69, 9.17) is 9.47 Å². The number of carbonyl (C=O) groups is 4. The van der Waals surface area contributed by atoms with Crippen molar-refractivity contribution in [1.82, 2.24) is 40.4 Å². The first-order chi connectivity index (χ1) is 24.8. The van der Waals surface area contributed by atoms with Gasteiger partial charge in [0.05, 0.1) is 50.1 Å². The van der Waals surface area contributed by atoms with Crippen LogP contribution >= 0.6 is 0 Å². The maximum absolute atomic E-state index is 13.4. The molecule has 14 nitrogen and oxygen atoms in total. The highest BCUT2D eigenvalue weighted by Crippen LogP contribution is 2.35. The van der Waals surface area contributed by atoms with Crippen LogP contribution in [0.3, 0.4) is 0 Å². The largest absolute Gasteiger partial charge is 0.453 e. The molecular weight excluding hydrogens is 664 g/mol. The number of rotatable bonds is 9. The average Bonchev–Trinajstić information content (AvgIpc) is 3.97. The Hall–Kier alpha value is -5.66. The highest BCUT2D eigenvalue weighted by atomic mass is 16.5. The van der Waals surface area contributed by atoms with Gasteiger partial charge in [-0.2, -0.15) is 0 Å². The third-order valence-corrected chi connectivity index (χ3v) is 9.84. The number of methoxy groups -OCH3 is 2. The fourth-order valence-corrected chi connectivity index (χ4v) is 7.02. The number of alkyl carbamates (subject to hydrolysis) is 2. The zero-order valence-corrected chi connectivity index (χ0v) is 30.4. The molecule has 274 valence electrons. The first kappa shape index (κ1) is 36.1. The Morgan fingerprint density at radius 2 is 0.981 bits per heavy atom. The first-order valence-corrected chi connectivity index (χ1v) is 17.5. The zero-order chi connectivity index (χ0) is 37.2. The van der Waals surface area contributed by atoms with Gasteiger partial charge in [0.15, 0.2) is 0 Å². The Morgan fingerprint density at radius 3 is 1.33 bits per heavy atom. The molecule has 52 heavy (non-hydrogen) atoms. The van der Waals surface area contributed by atoms with Gasteiger partial charge in [-0.05, 0) is 75.6 Å². The lowest BCUT2D eigenvalue weighted by molar-refractivity contribution is -0.138. The Kier molecular flexibility index (Phi) is 10.1. The maximum atomic E-state index is 13.4. The predicted molar refractivity (Wildman–Crippen MR) is 194 cm³/mol. The lowest BCUT2D eigenvalue weighted by Crippen LogP contribution is -2.55. The number of nitrogens with one attached hydrogen (secondary N) is 4. The second kappa shape index (κ2) is 14.5. The summed E-state index contributed by atoms with van der Waals surface area (Å²) in [6.45, 7) is 7.84. The van der Waals surface area contributed by atoms with Gasteiger partial charge in [0.25, 0.3) is 0 Å². The van der Waals surface area contributed by atoms with Crippen molar-refractivity contribution < 1.29 is 28.7 Å². The van der Waals surface area contributed by atoms with E-state index in [1.807, 2.05) is 24.3 Å². The number of imidazole rings is 2. The summed E-state index contributed by atoms with van der Waals surface area (Å²) in [5, 5.41) is 5.26. The number of aromatic nitrogens is 4. The van der Waals surface area contributed by atoms with Crippen LogP contribution in [0.5, 0.6) is 0 Å². The van der Waals surface area contributed by atoms with Gasteiger partial charge >= 0.3 is 12.2 Å². The molecule has 2 aromatic heterocycles. The van der Waals surface area contributed by atoms with E-state index in [0.717, 1.165) is 59.3 Å². The van der Waals surface area contributed by atoms with Gasteiger partial charge in [0.1, 0.15) is 22.7 Å². The number of hydrogen-bond donors (Lipinski definition) is 4. The van der Waals surface area contributed by atoms with Crippen molar-refractivity contribution in [2.24, 2.45) is 0 Å². The van der Waals surface area contributed by atoms with Gasteiger partial charge in [-0.1, -0.05) is 48.5 Å². The molecule has 2 aliphatic heterocycles. The molecule has 0 aliphatic carbocycles. The van der Waals surface area contributed by atoms with Crippen LogP contribution in [0.1, 0.15) is 77.1 Å². The third kappa shape index (κ3) is 7.37. The van der Waals surface area contributed by atoms with Crippen LogP contribution < -0.4 is 10.6 Å². The molecule has 4 amide bonds. The molecular formula is C38H46N8O6. The molecule has 0 saturated carbocycles. The molecule has 14 heteroatoms. The van der Waals surface area contributed by atoms with Gasteiger partial charge in [-0.3, -0.25) is 9.59 Å². The monoisotopic (exact) mass is 710 g/mol. The lowest BCUT2D eigenvalue weighted by Gasteiger charge is -2.32. The van der Waals surface area contributed by atoms with Gasteiger partial charge in [0.2, 0.25) is 11.8 Å². The number of benzene rings is 2. The van der Waals surface area contributed by atoms with Crippen LogP contribution in [0.4, 0.5) is 9.59 Å². The number of carbonyl (C=O) groups excluding carboxylic acids is 4. The van der Waals surface area contributed by atoms with Gasteiger partial charge in [-0.15, -0.1) is 0 Å². The molecule has 6 rings (SSSR count). The second-order valence-corrected chi connectivity index (χ2v) is 14.3.